The Labute approximate surface area is 127 Å². The van der Waals surface area contributed by atoms with Crippen LogP contribution in [0.4, 0.5) is 4.79 Å². The lowest BCUT2D eigenvalue weighted by molar-refractivity contribution is 0.0117. The zero-order valence-corrected chi connectivity index (χ0v) is 13.7. The number of nitrogens with zero attached hydrogens (tertiary/aromatic N) is 1. The van der Waals surface area contributed by atoms with Crippen molar-refractivity contribution in [3.05, 3.63) is 34.9 Å². The number of ether oxygens (including phenoxy) is 1. The largest absolute Gasteiger partial charge is 0.444 e. The second kappa shape index (κ2) is 6.06. The van der Waals surface area contributed by atoms with Gasteiger partial charge in [-0.2, -0.15) is 0 Å². The summed E-state index contributed by atoms with van der Waals surface area (Å²) in [5, 5.41) is 3.38. The molecule has 0 saturated carbocycles. The van der Waals surface area contributed by atoms with Crippen molar-refractivity contribution in [2.75, 3.05) is 19.6 Å². The third-order valence-electron chi connectivity index (χ3n) is 3.67. The first-order valence-electron chi connectivity index (χ1n) is 7.55. The van der Waals surface area contributed by atoms with Crippen molar-refractivity contribution in [2.45, 2.75) is 46.3 Å². The Bertz CT molecular complexity index is 520. The molecule has 1 heterocycles. The zero-order chi connectivity index (χ0) is 15.6. The molecule has 1 unspecified atom stereocenters. The molecule has 1 N–H and O–H groups in total. The standard InChI is InChI=1S/C17H26N2O2/c1-12-6-7-13(2)14(10-12)15-11-18-8-9-19(15)16(20)21-17(3,4)5/h6-7,10,15,18H,8-9,11H2,1-5H3. The normalized spacial score (nSPS) is 19.5. The monoisotopic (exact) mass is 290 g/mol. The van der Waals surface area contributed by atoms with E-state index >= 15 is 0 Å². The molecular weight excluding hydrogens is 264 g/mol. The van der Waals surface area contributed by atoms with Gasteiger partial charge in [0.05, 0.1) is 6.04 Å². The number of rotatable bonds is 1. The Morgan fingerprint density at radius 1 is 1.33 bits per heavy atom. The lowest BCUT2D eigenvalue weighted by Crippen LogP contribution is -2.50. The first-order chi connectivity index (χ1) is 9.78. The first kappa shape index (κ1) is 15.8. The molecule has 21 heavy (non-hydrogen) atoms. The Morgan fingerprint density at radius 2 is 2.05 bits per heavy atom. The Morgan fingerprint density at radius 3 is 2.71 bits per heavy atom. The molecule has 0 aliphatic carbocycles. The lowest BCUT2D eigenvalue weighted by atomic mass is 9.96. The van der Waals surface area contributed by atoms with Crippen molar-refractivity contribution in [3.63, 3.8) is 0 Å². The van der Waals surface area contributed by atoms with Gasteiger partial charge in [0.25, 0.3) is 0 Å². The minimum atomic E-state index is -0.464. The Balaban J connectivity index is 2.27. The summed E-state index contributed by atoms with van der Waals surface area (Å²) < 4.78 is 5.56. The summed E-state index contributed by atoms with van der Waals surface area (Å²) in [5.74, 6) is 0. The Kier molecular flexibility index (Phi) is 4.57. The second-order valence-electron chi connectivity index (χ2n) is 6.75. The number of hydrogen-bond acceptors (Lipinski definition) is 3. The molecule has 1 aliphatic heterocycles. The molecule has 1 aromatic rings. The number of nitrogens with one attached hydrogen (secondary N) is 1. The van der Waals surface area contributed by atoms with Crippen molar-refractivity contribution < 1.29 is 9.53 Å². The van der Waals surface area contributed by atoms with Gasteiger partial charge in [0, 0.05) is 19.6 Å². The van der Waals surface area contributed by atoms with Crippen LogP contribution in [0.1, 0.15) is 43.5 Å². The first-order valence-corrected chi connectivity index (χ1v) is 7.55. The molecule has 4 nitrogen and oxygen atoms in total. The van der Waals surface area contributed by atoms with E-state index in [0.717, 1.165) is 13.1 Å². The van der Waals surface area contributed by atoms with Crippen LogP contribution in [0.3, 0.4) is 0 Å². The average Bonchev–Trinajstić information content (AvgIpc) is 2.39. The van der Waals surface area contributed by atoms with E-state index in [4.69, 9.17) is 4.74 Å². The van der Waals surface area contributed by atoms with Gasteiger partial charge in [-0.25, -0.2) is 4.79 Å². The summed E-state index contributed by atoms with van der Waals surface area (Å²) in [6.45, 7) is 12.1. The molecule has 0 aromatic heterocycles. The van der Waals surface area contributed by atoms with Gasteiger partial charge in [-0.05, 0) is 45.7 Å². The van der Waals surface area contributed by atoms with Crippen LogP contribution in [0.5, 0.6) is 0 Å². The van der Waals surface area contributed by atoms with Gasteiger partial charge in [-0.1, -0.05) is 23.8 Å². The molecule has 1 amide bonds. The fourth-order valence-corrected chi connectivity index (χ4v) is 2.64. The average molecular weight is 290 g/mol. The lowest BCUT2D eigenvalue weighted by Gasteiger charge is -2.38. The van der Waals surface area contributed by atoms with Crippen LogP contribution < -0.4 is 5.32 Å². The van der Waals surface area contributed by atoms with E-state index in [-0.39, 0.29) is 12.1 Å². The van der Waals surface area contributed by atoms with Crippen molar-refractivity contribution in [3.8, 4) is 0 Å². The van der Waals surface area contributed by atoms with Crippen LogP contribution in [0, 0.1) is 13.8 Å². The van der Waals surface area contributed by atoms with Crippen LogP contribution in [0.2, 0.25) is 0 Å². The van der Waals surface area contributed by atoms with E-state index in [1.807, 2.05) is 25.7 Å². The van der Waals surface area contributed by atoms with Crippen molar-refractivity contribution in [1.82, 2.24) is 10.2 Å². The smallest absolute Gasteiger partial charge is 0.410 e. The SMILES string of the molecule is Cc1ccc(C)c(C2CNCCN2C(=O)OC(C)(C)C)c1. The molecule has 4 heteroatoms. The van der Waals surface area contributed by atoms with Gasteiger partial charge in [0.15, 0.2) is 0 Å². The van der Waals surface area contributed by atoms with Crippen molar-refractivity contribution >= 4 is 6.09 Å². The maximum Gasteiger partial charge on any atom is 0.410 e. The minimum Gasteiger partial charge on any atom is -0.444 e. The fourth-order valence-electron chi connectivity index (χ4n) is 2.64. The zero-order valence-electron chi connectivity index (χ0n) is 13.7. The number of benzene rings is 1. The van der Waals surface area contributed by atoms with Gasteiger partial charge >= 0.3 is 6.09 Å². The van der Waals surface area contributed by atoms with Gasteiger partial charge < -0.3 is 10.1 Å². The van der Waals surface area contributed by atoms with Crippen LogP contribution in [0.15, 0.2) is 18.2 Å². The molecule has 0 spiro atoms. The summed E-state index contributed by atoms with van der Waals surface area (Å²) in [5.41, 5.74) is 3.16. The summed E-state index contributed by atoms with van der Waals surface area (Å²) in [6.07, 6.45) is -0.227. The van der Waals surface area contributed by atoms with Gasteiger partial charge in [-0.3, -0.25) is 4.90 Å². The summed E-state index contributed by atoms with van der Waals surface area (Å²) >= 11 is 0. The van der Waals surface area contributed by atoms with Crippen LogP contribution in [-0.2, 0) is 4.74 Å². The summed E-state index contributed by atoms with van der Waals surface area (Å²) in [4.78, 5) is 14.3. The molecule has 0 radical (unpaired) electrons. The third-order valence-corrected chi connectivity index (χ3v) is 3.67. The van der Waals surface area contributed by atoms with E-state index in [1.54, 1.807) is 0 Å². The highest BCUT2D eigenvalue weighted by molar-refractivity contribution is 5.69. The molecule has 1 atom stereocenters. The van der Waals surface area contributed by atoms with Crippen LogP contribution in [-0.4, -0.2) is 36.2 Å². The molecule has 1 saturated heterocycles. The Hall–Kier alpha value is -1.55. The number of piperazine rings is 1. The molecule has 116 valence electrons. The number of hydrogen-bond donors (Lipinski definition) is 1. The number of carbonyl (C=O) groups excluding carboxylic acids is 1. The quantitative estimate of drug-likeness (QED) is 0.863. The molecule has 1 aliphatic rings. The maximum absolute atomic E-state index is 12.5. The topological polar surface area (TPSA) is 41.6 Å². The van der Waals surface area contributed by atoms with E-state index in [0.29, 0.717) is 6.54 Å². The van der Waals surface area contributed by atoms with E-state index in [2.05, 4.69) is 37.4 Å². The number of aryl methyl sites for hydroxylation is 2. The van der Waals surface area contributed by atoms with Crippen molar-refractivity contribution in [2.24, 2.45) is 0 Å². The van der Waals surface area contributed by atoms with Gasteiger partial charge in [-0.15, -0.1) is 0 Å². The molecular formula is C17H26N2O2. The maximum atomic E-state index is 12.5. The van der Waals surface area contributed by atoms with E-state index in [1.165, 1.54) is 16.7 Å². The van der Waals surface area contributed by atoms with Crippen LogP contribution in [0.25, 0.3) is 0 Å². The fraction of sp³-hybridized carbons (Fsp3) is 0.588. The molecule has 1 aromatic carbocycles. The van der Waals surface area contributed by atoms with Gasteiger partial charge in [0.2, 0.25) is 0 Å². The predicted octanol–water partition coefficient (Wildman–Crippen LogP) is 3.18. The summed E-state index contributed by atoms with van der Waals surface area (Å²) in [6, 6.07) is 6.43. The third kappa shape index (κ3) is 3.97. The van der Waals surface area contributed by atoms with Crippen LogP contribution >= 0.6 is 0 Å². The van der Waals surface area contributed by atoms with E-state index < -0.39 is 5.60 Å². The predicted molar refractivity (Wildman–Crippen MR) is 84.5 cm³/mol. The summed E-state index contributed by atoms with van der Waals surface area (Å²) in [7, 11) is 0. The number of amides is 1. The molecule has 2 rings (SSSR count). The van der Waals surface area contributed by atoms with Crippen molar-refractivity contribution in [1.29, 1.82) is 0 Å². The number of carbonyl (C=O) groups is 1. The molecule has 0 bridgehead atoms. The highest BCUT2D eigenvalue weighted by Gasteiger charge is 2.32. The van der Waals surface area contributed by atoms with E-state index in [9.17, 15) is 4.79 Å². The highest BCUT2D eigenvalue weighted by Crippen LogP contribution is 2.27. The minimum absolute atomic E-state index is 0.0356. The molecule has 1 fully saturated rings. The second-order valence-corrected chi connectivity index (χ2v) is 6.75. The highest BCUT2D eigenvalue weighted by atomic mass is 16.6. The van der Waals surface area contributed by atoms with Gasteiger partial charge in [0.1, 0.15) is 5.60 Å².